The number of benzene rings is 6. The summed E-state index contributed by atoms with van der Waals surface area (Å²) in [5.74, 6) is 0. The van der Waals surface area contributed by atoms with Crippen LogP contribution < -0.4 is 52.8 Å². The highest BCUT2D eigenvalue weighted by Crippen LogP contribution is 2.56. The van der Waals surface area contributed by atoms with Crippen molar-refractivity contribution in [2.24, 2.45) is 0 Å². The van der Waals surface area contributed by atoms with Crippen molar-refractivity contribution in [1.82, 2.24) is 0 Å². The fourth-order valence-electron chi connectivity index (χ4n) is 14.3. The normalized spacial score (nSPS) is 19.9. The molecule has 6 aromatic carbocycles. The van der Waals surface area contributed by atoms with E-state index >= 15 is 0 Å². The van der Waals surface area contributed by atoms with E-state index in [1.807, 2.05) is 11.3 Å². The first-order valence-electron chi connectivity index (χ1n) is 27.7. The Labute approximate surface area is 460 Å². The number of anilines is 6. The predicted octanol–water partition coefficient (Wildman–Crippen LogP) is 11.0. The minimum atomic E-state index is -0.0961. The number of rotatable bonds is 3. The Morgan fingerprint density at radius 2 is 0.893 bits per heavy atom. The van der Waals surface area contributed by atoms with Gasteiger partial charge in [-0.1, -0.05) is 139 Å². The summed E-state index contributed by atoms with van der Waals surface area (Å²) >= 11 is 2.01. The van der Waals surface area contributed by atoms with E-state index in [-0.39, 0.29) is 61.0 Å². The fraction of sp³-hybridized carbons (Fsp3) is 0.424. The van der Waals surface area contributed by atoms with E-state index < -0.39 is 0 Å². The van der Waals surface area contributed by atoms with E-state index in [1.54, 1.807) is 0 Å². The minimum absolute atomic E-state index is 0.00896. The Morgan fingerprint density at radius 3 is 1.43 bits per heavy atom. The Balaban J connectivity index is 1.28. The van der Waals surface area contributed by atoms with Crippen LogP contribution in [0.15, 0.2) is 78.9 Å². The van der Waals surface area contributed by atoms with Crippen molar-refractivity contribution in [3.63, 3.8) is 0 Å². The molecule has 7 aromatic rings. The summed E-state index contributed by atoms with van der Waals surface area (Å²) in [6.07, 6.45) is 6.78. The van der Waals surface area contributed by atoms with Crippen LogP contribution in [-0.4, -0.2) is 45.9 Å². The number of nitrogens with zero attached hydrogens (tertiary/aromatic N) is 2. The molecule has 3 heterocycles. The standard InChI is InChI=1S/C66H70B6N2S/c1-60(2,3)36-16-18-37(19-17-36)73-47-33-44-43(64(10,11)25-26-65(44,12)13)32-46(47)72-57-48(73)28-35(51-52(67)54(69)56(71)55(70)53(51)68)29-49(57)74(38-20-21-40-41(30-38)62(6,7)23-22-61(40,4)5)58-39-31-42-45(34-50(39)75-59(58)72)66(14,15)27-24-63(42,8)9/h16-21,28-34H,22-27H2,1-15H3. The third kappa shape index (κ3) is 7.44. The first-order chi connectivity index (χ1) is 34.8. The predicted molar refractivity (Wildman–Crippen MR) is 333 cm³/mol. The summed E-state index contributed by atoms with van der Waals surface area (Å²) in [6.45, 7) is 36.1. The second-order valence-electron chi connectivity index (χ2n) is 28.5. The molecule has 0 atom stereocenters. The Hall–Kier alpha value is -4.73. The molecule has 10 radical (unpaired) electrons. The average Bonchev–Trinajstić information content (AvgIpc) is 3.74. The number of thiophene rings is 1. The van der Waals surface area contributed by atoms with Gasteiger partial charge in [0.1, 0.15) is 39.2 Å². The summed E-state index contributed by atoms with van der Waals surface area (Å²) in [5, 5.41) is 1.30. The largest absolute Gasteiger partial charge is 0.311 e. The molecule has 9 heteroatoms. The van der Waals surface area contributed by atoms with Gasteiger partial charge in [0.2, 0.25) is 0 Å². The Kier molecular flexibility index (Phi) is 11.0. The SMILES string of the molecule is [B]c1c([B])c([B])c(-c2cc3c4c(c2)N(c2ccc5c(c2)C(C)(C)CCC5(C)C)c2c(sc5cc6c(cc25)C(C)(C)CCC6(C)C)B4c2cc4c(cc2N3c2ccc(C(C)(C)C)cc2)C(C)(C)CCC4(C)C)c([B])c1[B]. The van der Waals surface area contributed by atoms with Crippen LogP contribution in [0.25, 0.3) is 21.2 Å². The van der Waals surface area contributed by atoms with Crippen molar-refractivity contribution in [2.45, 2.75) is 180 Å². The molecule has 0 saturated carbocycles. The summed E-state index contributed by atoms with van der Waals surface area (Å²) in [5.41, 5.74) is 22.2. The molecular weight excluding hydrogens is 918 g/mol. The third-order valence-electron chi connectivity index (χ3n) is 19.7. The highest BCUT2D eigenvalue weighted by atomic mass is 32.1. The summed E-state index contributed by atoms with van der Waals surface area (Å²) < 4.78 is 2.70. The molecular formula is C66H70B6N2S. The Morgan fingerprint density at radius 1 is 0.453 bits per heavy atom. The van der Waals surface area contributed by atoms with Gasteiger partial charge in [-0.2, -0.15) is 0 Å². The lowest BCUT2D eigenvalue weighted by atomic mass is 9.35. The molecule has 1 aromatic heterocycles. The van der Waals surface area contributed by atoms with Crippen molar-refractivity contribution < 1.29 is 0 Å². The molecule has 0 N–H and O–H groups in total. The van der Waals surface area contributed by atoms with Crippen LogP contribution in [0.2, 0.25) is 0 Å². The lowest BCUT2D eigenvalue weighted by molar-refractivity contribution is 0.332. The van der Waals surface area contributed by atoms with Gasteiger partial charge in [-0.15, -0.1) is 27.7 Å². The summed E-state index contributed by atoms with van der Waals surface area (Å²) in [7, 11) is 34.5. The van der Waals surface area contributed by atoms with Crippen molar-refractivity contribution >= 4 is 145 Å². The molecule has 0 bridgehead atoms. The van der Waals surface area contributed by atoms with Gasteiger partial charge < -0.3 is 9.80 Å². The van der Waals surface area contributed by atoms with Gasteiger partial charge in [0, 0.05) is 43.3 Å². The van der Waals surface area contributed by atoms with Gasteiger partial charge in [-0.25, -0.2) is 0 Å². The molecule has 0 amide bonds. The zero-order chi connectivity index (χ0) is 53.8. The van der Waals surface area contributed by atoms with Gasteiger partial charge in [0.05, 0.1) is 5.69 Å². The number of hydrogen-bond donors (Lipinski definition) is 0. The van der Waals surface area contributed by atoms with Gasteiger partial charge in [-0.3, -0.25) is 0 Å². The molecule has 3 aliphatic carbocycles. The first kappa shape index (κ1) is 51.1. The third-order valence-corrected chi connectivity index (χ3v) is 20.9. The summed E-state index contributed by atoms with van der Waals surface area (Å²) in [6, 6.07) is 31.8. The molecule has 5 aliphatic rings. The van der Waals surface area contributed by atoms with E-state index in [0.29, 0.717) is 16.5 Å². The van der Waals surface area contributed by atoms with E-state index in [9.17, 15) is 0 Å². The molecule has 0 fully saturated rings. The molecule has 2 nitrogen and oxygen atoms in total. The van der Waals surface area contributed by atoms with Crippen molar-refractivity contribution in [1.29, 1.82) is 0 Å². The van der Waals surface area contributed by atoms with Gasteiger partial charge >= 0.3 is 0 Å². The van der Waals surface area contributed by atoms with Crippen LogP contribution in [0, 0.1) is 0 Å². The van der Waals surface area contributed by atoms with Gasteiger partial charge in [0.25, 0.3) is 6.71 Å². The highest BCUT2D eigenvalue weighted by Gasteiger charge is 2.49. The second-order valence-corrected chi connectivity index (χ2v) is 29.6. The maximum Gasteiger partial charge on any atom is 0.264 e. The molecule has 0 spiro atoms. The van der Waals surface area contributed by atoms with Crippen molar-refractivity contribution in [2.75, 3.05) is 9.80 Å². The zero-order valence-electron chi connectivity index (χ0n) is 47.5. The smallest absolute Gasteiger partial charge is 0.264 e. The lowest BCUT2D eigenvalue weighted by Gasteiger charge is -2.47. The van der Waals surface area contributed by atoms with Crippen LogP contribution >= 0.6 is 11.3 Å². The molecule has 368 valence electrons. The molecule has 0 unspecified atom stereocenters. The second kappa shape index (κ2) is 16.2. The maximum absolute atomic E-state index is 7.16. The first-order valence-corrected chi connectivity index (χ1v) is 28.5. The minimum Gasteiger partial charge on any atom is -0.311 e. The van der Waals surface area contributed by atoms with Crippen LogP contribution in [0.1, 0.15) is 181 Å². The summed E-state index contributed by atoms with van der Waals surface area (Å²) in [4.78, 5) is 5.18. The Bertz CT molecular complexity index is 3590. The van der Waals surface area contributed by atoms with Crippen LogP contribution in [0.4, 0.5) is 34.1 Å². The molecule has 2 aliphatic heterocycles. The van der Waals surface area contributed by atoms with E-state index in [1.165, 1.54) is 76.1 Å². The van der Waals surface area contributed by atoms with Crippen LogP contribution in [0.5, 0.6) is 0 Å². The maximum atomic E-state index is 7.16. The van der Waals surface area contributed by atoms with E-state index in [0.717, 1.165) is 66.8 Å². The topological polar surface area (TPSA) is 6.48 Å². The van der Waals surface area contributed by atoms with E-state index in [2.05, 4.69) is 193 Å². The fourth-order valence-corrected chi connectivity index (χ4v) is 15.6. The molecule has 75 heavy (non-hydrogen) atoms. The zero-order valence-corrected chi connectivity index (χ0v) is 48.3. The number of hydrogen-bond acceptors (Lipinski definition) is 3. The quantitative estimate of drug-likeness (QED) is 0.163. The van der Waals surface area contributed by atoms with E-state index in [4.69, 9.17) is 39.2 Å². The van der Waals surface area contributed by atoms with Gasteiger partial charge in [0.15, 0.2) is 0 Å². The number of fused-ring (bicyclic) bond motifs is 9. The average molecular weight is 988 g/mol. The monoisotopic (exact) mass is 989 g/mol. The lowest BCUT2D eigenvalue weighted by Crippen LogP contribution is -2.61. The van der Waals surface area contributed by atoms with Gasteiger partial charge in [-0.05, 0) is 192 Å². The van der Waals surface area contributed by atoms with Crippen molar-refractivity contribution in [3.05, 3.63) is 118 Å². The molecule has 0 saturated heterocycles. The van der Waals surface area contributed by atoms with Crippen molar-refractivity contribution in [3.8, 4) is 11.1 Å². The van der Waals surface area contributed by atoms with Crippen LogP contribution in [0.3, 0.4) is 0 Å². The highest BCUT2D eigenvalue weighted by molar-refractivity contribution is 7.33. The molecule has 12 rings (SSSR count). The van der Waals surface area contributed by atoms with Crippen LogP contribution in [-0.2, 0) is 37.9 Å².